The fraction of sp³-hybridized carbons (Fsp3) is 0.500. The van der Waals surface area contributed by atoms with Crippen molar-refractivity contribution in [2.24, 2.45) is 16.8 Å². The first-order valence-corrected chi connectivity index (χ1v) is 8.67. The van der Waals surface area contributed by atoms with Crippen LogP contribution in [0.2, 0.25) is 0 Å². The SMILES string of the molecule is CC(=Nc1nc(N[C@H](C)C2CC2)nc(-c2ccncc2)n1)C1CC1. The average molecular weight is 322 g/mol. The van der Waals surface area contributed by atoms with Crippen molar-refractivity contribution in [2.45, 2.75) is 45.6 Å². The lowest BCUT2D eigenvalue weighted by molar-refractivity contribution is 0.685. The number of nitrogens with one attached hydrogen (secondary N) is 1. The summed E-state index contributed by atoms with van der Waals surface area (Å²) < 4.78 is 0. The Morgan fingerprint density at radius 2 is 1.88 bits per heavy atom. The molecule has 6 heteroatoms. The molecule has 2 saturated carbocycles. The third-order valence-corrected chi connectivity index (χ3v) is 4.69. The molecule has 0 aliphatic heterocycles. The minimum absolute atomic E-state index is 0.374. The lowest BCUT2D eigenvalue weighted by Crippen LogP contribution is -2.19. The van der Waals surface area contributed by atoms with Gasteiger partial charge in [-0.2, -0.15) is 15.0 Å². The minimum Gasteiger partial charge on any atom is -0.351 e. The number of hydrogen-bond donors (Lipinski definition) is 1. The molecule has 2 aliphatic rings. The van der Waals surface area contributed by atoms with E-state index in [2.05, 4.69) is 44.1 Å². The Morgan fingerprint density at radius 3 is 2.54 bits per heavy atom. The largest absolute Gasteiger partial charge is 0.351 e. The van der Waals surface area contributed by atoms with E-state index in [1.54, 1.807) is 12.4 Å². The minimum atomic E-state index is 0.374. The van der Waals surface area contributed by atoms with E-state index in [-0.39, 0.29) is 0 Å². The molecule has 0 radical (unpaired) electrons. The van der Waals surface area contributed by atoms with Crippen LogP contribution in [0.3, 0.4) is 0 Å². The number of aromatic nitrogens is 4. The lowest BCUT2D eigenvalue weighted by atomic mass is 10.2. The molecule has 2 heterocycles. The maximum Gasteiger partial charge on any atom is 0.254 e. The van der Waals surface area contributed by atoms with Crippen molar-refractivity contribution >= 4 is 17.6 Å². The van der Waals surface area contributed by atoms with Gasteiger partial charge in [0.15, 0.2) is 5.82 Å². The maximum absolute atomic E-state index is 4.63. The van der Waals surface area contributed by atoms with Gasteiger partial charge in [0.05, 0.1) is 0 Å². The average Bonchev–Trinajstić information content (AvgIpc) is 3.48. The van der Waals surface area contributed by atoms with Crippen LogP contribution in [0.1, 0.15) is 39.5 Å². The van der Waals surface area contributed by atoms with Crippen LogP contribution in [0.25, 0.3) is 11.4 Å². The van der Waals surface area contributed by atoms with Crippen LogP contribution < -0.4 is 5.32 Å². The zero-order valence-corrected chi connectivity index (χ0v) is 14.1. The predicted octanol–water partition coefficient (Wildman–Crippen LogP) is 3.65. The summed E-state index contributed by atoms with van der Waals surface area (Å²) in [7, 11) is 0. The van der Waals surface area contributed by atoms with Gasteiger partial charge in [-0.25, -0.2) is 4.99 Å². The van der Waals surface area contributed by atoms with E-state index in [9.17, 15) is 0 Å². The normalized spacial score (nSPS) is 19.2. The Hall–Kier alpha value is -2.37. The highest BCUT2D eigenvalue weighted by atomic mass is 15.2. The van der Waals surface area contributed by atoms with E-state index < -0.39 is 0 Å². The molecular formula is C18H22N6. The van der Waals surface area contributed by atoms with Gasteiger partial charge in [0, 0.05) is 29.7 Å². The monoisotopic (exact) mass is 322 g/mol. The van der Waals surface area contributed by atoms with Gasteiger partial charge in [-0.1, -0.05) is 0 Å². The highest BCUT2D eigenvalue weighted by Crippen LogP contribution is 2.34. The summed E-state index contributed by atoms with van der Waals surface area (Å²) in [6.45, 7) is 4.25. The molecule has 2 fully saturated rings. The van der Waals surface area contributed by atoms with Crippen LogP contribution in [0.5, 0.6) is 0 Å². The summed E-state index contributed by atoms with van der Waals surface area (Å²) in [4.78, 5) is 22.4. The van der Waals surface area contributed by atoms with E-state index in [0.717, 1.165) is 17.2 Å². The van der Waals surface area contributed by atoms with Crippen molar-refractivity contribution in [1.29, 1.82) is 0 Å². The van der Waals surface area contributed by atoms with Gasteiger partial charge in [0.2, 0.25) is 5.95 Å². The molecule has 0 amide bonds. The van der Waals surface area contributed by atoms with Crippen molar-refractivity contribution < 1.29 is 0 Å². The Balaban J connectivity index is 1.68. The second-order valence-corrected chi connectivity index (χ2v) is 6.82. The molecule has 4 rings (SSSR count). The van der Waals surface area contributed by atoms with E-state index in [1.165, 1.54) is 25.7 Å². The van der Waals surface area contributed by atoms with Gasteiger partial charge in [0.25, 0.3) is 5.95 Å². The number of rotatable bonds is 6. The molecule has 0 unspecified atom stereocenters. The van der Waals surface area contributed by atoms with Gasteiger partial charge in [-0.15, -0.1) is 0 Å². The first-order valence-electron chi connectivity index (χ1n) is 8.67. The molecule has 2 aliphatic carbocycles. The summed E-state index contributed by atoms with van der Waals surface area (Å²) in [5, 5.41) is 3.43. The standard InChI is InChI=1S/C18H22N6/c1-11(13-3-4-13)20-17-22-16(15-7-9-19-10-8-15)23-18(24-17)21-12(2)14-5-6-14/h7-11,13-14H,3-6H2,1-2H3,(H,20,22,23,24)/t11-/m1/s1. The molecule has 2 aromatic rings. The Kier molecular flexibility index (Phi) is 3.96. The molecule has 124 valence electrons. The highest BCUT2D eigenvalue weighted by Gasteiger charge is 2.29. The van der Waals surface area contributed by atoms with Crippen molar-refractivity contribution in [3.8, 4) is 11.4 Å². The van der Waals surface area contributed by atoms with Crippen LogP contribution in [-0.2, 0) is 0 Å². The van der Waals surface area contributed by atoms with Crippen molar-refractivity contribution in [3.05, 3.63) is 24.5 Å². The number of pyridine rings is 1. The molecule has 2 aromatic heterocycles. The van der Waals surface area contributed by atoms with Gasteiger partial charge in [0.1, 0.15) is 0 Å². The molecule has 0 aromatic carbocycles. The van der Waals surface area contributed by atoms with Crippen molar-refractivity contribution in [2.75, 3.05) is 5.32 Å². The number of aliphatic imine (C=N–C) groups is 1. The quantitative estimate of drug-likeness (QED) is 0.822. The molecule has 1 atom stereocenters. The molecule has 0 saturated heterocycles. The summed E-state index contributed by atoms with van der Waals surface area (Å²) in [5.41, 5.74) is 2.04. The molecule has 6 nitrogen and oxygen atoms in total. The van der Waals surface area contributed by atoms with Gasteiger partial charge in [-0.3, -0.25) is 4.98 Å². The zero-order chi connectivity index (χ0) is 16.5. The zero-order valence-electron chi connectivity index (χ0n) is 14.1. The number of nitrogens with zero attached hydrogens (tertiary/aromatic N) is 5. The van der Waals surface area contributed by atoms with Crippen LogP contribution >= 0.6 is 0 Å². The Bertz CT molecular complexity index is 749. The first kappa shape index (κ1) is 15.2. The topological polar surface area (TPSA) is 76.0 Å². The smallest absolute Gasteiger partial charge is 0.254 e. The van der Waals surface area contributed by atoms with Crippen LogP contribution in [0.4, 0.5) is 11.9 Å². The van der Waals surface area contributed by atoms with E-state index in [1.807, 2.05) is 12.1 Å². The van der Waals surface area contributed by atoms with E-state index in [0.29, 0.717) is 29.7 Å². The van der Waals surface area contributed by atoms with Crippen molar-refractivity contribution in [1.82, 2.24) is 19.9 Å². The van der Waals surface area contributed by atoms with Gasteiger partial charge in [-0.05, 0) is 63.5 Å². The first-order chi connectivity index (χ1) is 11.7. The summed E-state index contributed by atoms with van der Waals surface area (Å²) in [6, 6.07) is 4.19. The fourth-order valence-electron chi connectivity index (χ4n) is 2.78. The Morgan fingerprint density at radius 1 is 1.12 bits per heavy atom. The maximum atomic E-state index is 4.63. The highest BCUT2D eigenvalue weighted by molar-refractivity contribution is 5.88. The summed E-state index contributed by atoms with van der Waals surface area (Å²) in [6.07, 6.45) is 8.50. The van der Waals surface area contributed by atoms with Crippen LogP contribution in [-0.4, -0.2) is 31.7 Å². The van der Waals surface area contributed by atoms with E-state index in [4.69, 9.17) is 0 Å². The van der Waals surface area contributed by atoms with Gasteiger partial charge >= 0.3 is 0 Å². The number of hydrogen-bond acceptors (Lipinski definition) is 6. The lowest BCUT2D eigenvalue weighted by Gasteiger charge is -2.13. The molecule has 0 bridgehead atoms. The molecule has 1 N–H and O–H groups in total. The predicted molar refractivity (Wildman–Crippen MR) is 94.4 cm³/mol. The fourth-order valence-corrected chi connectivity index (χ4v) is 2.78. The molecule has 24 heavy (non-hydrogen) atoms. The third-order valence-electron chi connectivity index (χ3n) is 4.69. The second kappa shape index (κ2) is 6.26. The van der Waals surface area contributed by atoms with Crippen LogP contribution in [0.15, 0.2) is 29.5 Å². The van der Waals surface area contributed by atoms with E-state index >= 15 is 0 Å². The summed E-state index contributed by atoms with van der Waals surface area (Å²) in [5.74, 6) is 3.07. The Labute approximate surface area is 141 Å². The van der Waals surface area contributed by atoms with Crippen molar-refractivity contribution in [3.63, 3.8) is 0 Å². The van der Waals surface area contributed by atoms with Crippen LogP contribution in [0, 0.1) is 11.8 Å². The second-order valence-electron chi connectivity index (χ2n) is 6.82. The summed E-state index contributed by atoms with van der Waals surface area (Å²) >= 11 is 0. The third kappa shape index (κ3) is 3.58. The number of anilines is 1. The molecule has 0 spiro atoms. The molecular weight excluding hydrogens is 300 g/mol. The van der Waals surface area contributed by atoms with Gasteiger partial charge < -0.3 is 5.32 Å².